The Morgan fingerprint density at radius 1 is 1.21 bits per heavy atom. The van der Waals surface area contributed by atoms with Crippen LogP contribution in [0.1, 0.15) is 43.7 Å². The van der Waals surface area contributed by atoms with Gasteiger partial charge in [0.2, 0.25) is 11.8 Å². The van der Waals surface area contributed by atoms with E-state index in [-0.39, 0.29) is 35.9 Å². The van der Waals surface area contributed by atoms with Gasteiger partial charge in [0.15, 0.2) is 0 Å². The van der Waals surface area contributed by atoms with E-state index in [4.69, 9.17) is 4.74 Å². The van der Waals surface area contributed by atoms with Crippen molar-refractivity contribution in [1.29, 1.82) is 0 Å². The van der Waals surface area contributed by atoms with Crippen LogP contribution in [0.25, 0.3) is 10.9 Å². The molecule has 2 fully saturated rings. The number of nitrogens with one attached hydrogen (secondary N) is 3. The number of para-hydroxylation sites is 1. The zero-order valence-electron chi connectivity index (χ0n) is 20.7. The number of carbonyl (C=O) groups excluding carboxylic acids is 2. The van der Waals surface area contributed by atoms with Gasteiger partial charge in [0.25, 0.3) is 0 Å². The molecule has 8 heteroatoms. The molecule has 2 amide bonds. The number of hydrogen-bond acceptors (Lipinski definition) is 5. The number of rotatable bonds is 11. The molecule has 34 heavy (non-hydrogen) atoms. The molecule has 0 spiro atoms. The molecule has 1 aromatic carbocycles. The minimum atomic E-state index is -0.144. The van der Waals surface area contributed by atoms with E-state index in [1.807, 2.05) is 25.1 Å². The molecule has 2 heterocycles. The number of nitrogens with zero attached hydrogens (tertiary/aromatic N) is 2. The average molecular weight is 470 g/mol. The Bertz CT molecular complexity index is 970. The first-order valence-electron chi connectivity index (χ1n) is 12.5. The van der Waals surface area contributed by atoms with E-state index < -0.39 is 0 Å². The van der Waals surface area contributed by atoms with E-state index >= 15 is 0 Å². The van der Waals surface area contributed by atoms with Crippen LogP contribution in [0, 0.1) is 5.92 Å². The van der Waals surface area contributed by atoms with Crippen LogP contribution in [0.4, 0.5) is 0 Å². The van der Waals surface area contributed by atoms with Crippen molar-refractivity contribution in [2.45, 2.75) is 50.2 Å². The number of piperidine rings is 1. The number of likely N-dealkylation sites (N-methyl/N-ethyl adjacent to an activating group) is 1. The molecule has 8 nitrogen and oxygen atoms in total. The molecule has 4 rings (SSSR count). The van der Waals surface area contributed by atoms with Crippen molar-refractivity contribution in [2.75, 3.05) is 47.4 Å². The Hall–Kier alpha value is -2.42. The summed E-state index contributed by atoms with van der Waals surface area (Å²) >= 11 is 0. The molecule has 186 valence electrons. The highest BCUT2D eigenvalue weighted by Crippen LogP contribution is 2.40. The van der Waals surface area contributed by atoms with E-state index in [0.717, 1.165) is 31.2 Å². The summed E-state index contributed by atoms with van der Waals surface area (Å²) in [6, 6.07) is 8.58. The van der Waals surface area contributed by atoms with Crippen molar-refractivity contribution in [3.63, 3.8) is 0 Å². The van der Waals surface area contributed by atoms with Crippen molar-refractivity contribution in [1.82, 2.24) is 25.4 Å². The first-order valence-corrected chi connectivity index (χ1v) is 12.5. The number of aromatic nitrogens is 1. The summed E-state index contributed by atoms with van der Waals surface area (Å²) in [4.78, 5) is 33.7. The lowest BCUT2D eigenvalue weighted by atomic mass is 9.91. The Morgan fingerprint density at radius 3 is 2.74 bits per heavy atom. The number of H-pyrrole nitrogens is 1. The van der Waals surface area contributed by atoms with Gasteiger partial charge < -0.3 is 30.2 Å². The van der Waals surface area contributed by atoms with Crippen LogP contribution in [-0.2, 0) is 14.3 Å². The van der Waals surface area contributed by atoms with Crippen LogP contribution in [0.3, 0.4) is 0 Å². The van der Waals surface area contributed by atoms with E-state index in [9.17, 15) is 9.59 Å². The fraction of sp³-hybridized carbons (Fsp3) is 0.615. The molecule has 1 saturated carbocycles. The SMILES string of the molecule is COCCCC(c1c[nH]c2ccccc12)N(C(=O)[C@@H]1CNC[C@H](NC(=O)CN(C)C)C1)C1CC1. The zero-order chi connectivity index (χ0) is 24.1. The van der Waals surface area contributed by atoms with Crippen LogP contribution < -0.4 is 10.6 Å². The average Bonchev–Trinajstić information content (AvgIpc) is 3.56. The summed E-state index contributed by atoms with van der Waals surface area (Å²) in [6.45, 7) is 2.38. The molecule has 1 aromatic heterocycles. The van der Waals surface area contributed by atoms with Gasteiger partial charge in [-0.05, 0) is 57.8 Å². The number of benzene rings is 1. The van der Waals surface area contributed by atoms with Gasteiger partial charge in [0.05, 0.1) is 18.5 Å². The molecular weight excluding hydrogens is 430 g/mol. The maximum atomic E-state index is 14.0. The normalized spacial score (nSPS) is 21.5. The Balaban J connectivity index is 1.54. The third kappa shape index (κ3) is 5.98. The number of hydrogen-bond donors (Lipinski definition) is 3. The van der Waals surface area contributed by atoms with Gasteiger partial charge in [0.1, 0.15) is 0 Å². The van der Waals surface area contributed by atoms with Crippen molar-refractivity contribution < 1.29 is 14.3 Å². The smallest absolute Gasteiger partial charge is 0.234 e. The van der Waals surface area contributed by atoms with E-state index in [0.29, 0.717) is 32.7 Å². The molecule has 0 radical (unpaired) electrons. The van der Waals surface area contributed by atoms with Gasteiger partial charge >= 0.3 is 0 Å². The van der Waals surface area contributed by atoms with Gasteiger partial charge in [0, 0.05) is 56.0 Å². The lowest BCUT2D eigenvalue weighted by Crippen LogP contribution is -2.54. The van der Waals surface area contributed by atoms with Crippen LogP contribution in [0.2, 0.25) is 0 Å². The third-order valence-electron chi connectivity index (χ3n) is 6.86. The highest BCUT2D eigenvalue weighted by atomic mass is 16.5. The summed E-state index contributed by atoms with van der Waals surface area (Å²) < 4.78 is 5.34. The van der Waals surface area contributed by atoms with Gasteiger partial charge in [-0.25, -0.2) is 0 Å². The Morgan fingerprint density at radius 2 is 2.00 bits per heavy atom. The molecule has 1 aliphatic carbocycles. The lowest BCUT2D eigenvalue weighted by molar-refractivity contribution is -0.140. The van der Waals surface area contributed by atoms with Crippen LogP contribution in [-0.4, -0.2) is 86.1 Å². The molecule has 2 aromatic rings. The number of methoxy groups -OCH3 is 1. The summed E-state index contributed by atoms with van der Waals surface area (Å²) in [7, 11) is 5.49. The first-order chi connectivity index (χ1) is 16.5. The Labute approximate surface area is 202 Å². The molecule has 1 aliphatic heterocycles. The monoisotopic (exact) mass is 469 g/mol. The quantitative estimate of drug-likeness (QED) is 0.440. The molecule has 3 atom stereocenters. The fourth-order valence-electron chi connectivity index (χ4n) is 5.19. The van der Waals surface area contributed by atoms with Crippen molar-refractivity contribution in [3.05, 3.63) is 36.0 Å². The molecule has 1 unspecified atom stereocenters. The number of ether oxygens (including phenoxy) is 1. The van der Waals surface area contributed by atoms with E-state index in [1.54, 1.807) is 7.11 Å². The highest BCUT2D eigenvalue weighted by molar-refractivity contribution is 5.86. The molecule has 3 N–H and O–H groups in total. The maximum Gasteiger partial charge on any atom is 0.234 e. The lowest BCUT2D eigenvalue weighted by Gasteiger charge is -2.38. The number of aromatic amines is 1. The topological polar surface area (TPSA) is 89.7 Å². The summed E-state index contributed by atoms with van der Waals surface area (Å²) in [5, 5.41) is 7.68. The standard InChI is InChI=1S/C26H39N5O3/c1-30(2)17-25(32)29-19-13-18(14-27-15-19)26(33)31(20-10-11-20)24(9-6-12-34-3)22-16-28-23-8-5-4-7-21(22)23/h4-5,7-8,16,18-20,24,27-28H,6,9-15,17H2,1-3H3,(H,29,32)/t18-,19+,24?/m0/s1. The maximum absolute atomic E-state index is 14.0. The second-order valence-electron chi connectivity index (χ2n) is 10.0. The summed E-state index contributed by atoms with van der Waals surface area (Å²) in [6.07, 6.45) is 6.61. The molecule has 2 aliphatic rings. The van der Waals surface area contributed by atoms with E-state index in [1.165, 1.54) is 10.9 Å². The van der Waals surface area contributed by atoms with Gasteiger partial charge in [-0.2, -0.15) is 0 Å². The highest BCUT2D eigenvalue weighted by Gasteiger charge is 2.42. The second-order valence-corrected chi connectivity index (χ2v) is 10.0. The Kier molecular flexibility index (Phi) is 8.24. The minimum Gasteiger partial charge on any atom is -0.385 e. The van der Waals surface area contributed by atoms with E-state index in [2.05, 4.69) is 44.9 Å². The molecular formula is C26H39N5O3. The largest absolute Gasteiger partial charge is 0.385 e. The first kappa shape index (κ1) is 24.7. The van der Waals surface area contributed by atoms with Crippen molar-refractivity contribution in [3.8, 4) is 0 Å². The van der Waals surface area contributed by atoms with Crippen molar-refractivity contribution >= 4 is 22.7 Å². The van der Waals surface area contributed by atoms with Crippen LogP contribution in [0.5, 0.6) is 0 Å². The van der Waals surface area contributed by atoms with Gasteiger partial charge in [-0.1, -0.05) is 18.2 Å². The number of amides is 2. The van der Waals surface area contributed by atoms with Crippen LogP contribution >= 0.6 is 0 Å². The summed E-state index contributed by atoms with van der Waals surface area (Å²) in [5.41, 5.74) is 2.28. The van der Waals surface area contributed by atoms with Crippen molar-refractivity contribution in [2.24, 2.45) is 5.92 Å². The summed E-state index contributed by atoms with van der Waals surface area (Å²) in [5.74, 6) is 0.0589. The zero-order valence-corrected chi connectivity index (χ0v) is 20.7. The molecule has 1 saturated heterocycles. The predicted molar refractivity (Wildman–Crippen MR) is 133 cm³/mol. The van der Waals surface area contributed by atoms with Gasteiger partial charge in [-0.15, -0.1) is 0 Å². The minimum absolute atomic E-state index is 0.000169. The fourth-order valence-corrected chi connectivity index (χ4v) is 5.19. The predicted octanol–water partition coefficient (Wildman–Crippen LogP) is 2.28. The molecule has 0 bridgehead atoms. The number of fused-ring (bicyclic) bond motifs is 1. The van der Waals surface area contributed by atoms with Crippen LogP contribution in [0.15, 0.2) is 30.5 Å². The van der Waals surface area contributed by atoms with Gasteiger partial charge in [-0.3, -0.25) is 9.59 Å². The second kappa shape index (κ2) is 11.3. The third-order valence-corrected chi connectivity index (χ3v) is 6.86. The number of carbonyl (C=O) groups is 2.